The van der Waals surface area contributed by atoms with Crippen LogP contribution in [0.5, 0.6) is 0 Å². The maximum absolute atomic E-state index is 12.3. The minimum absolute atomic E-state index is 0.0945. The van der Waals surface area contributed by atoms with Crippen LogP contribution in [0.2, 0.25) is 0 Å². The van der Waals surface area contributed by atoms with Crippen LogP contribution in [0.4, 0.5) is 13.2 Å². The van der Waals surface area contributed by atoms with Crippen molar-refractivity contribution in [2.24, 2.45) is 0 Å². The molecule has 1 aromatic rings. The first-order chi connectivity index (χ1) is 8.83. The Hall–Kier alpha value is -1.56. The smallest absolute Gasteiger partial charge is 0.395 e. The van der Waals surface area contributed by atoms with Gasteiger partial charge in [0.05, 0.1) is 13.0 Å². The quantitative estimate of drug-likeness (QED) is 0.892. The Morgan fingerprint density at radius 3 is 2.47 bits per heavy atom. The molecule has 1 rings (SSSR count). The number of amides is 1. The summed E-state index contributed by atoms with van der Waals surface area (Å²) < 4.78 is 37.0. The average Bonchev–Trinajstić information content (AvgIpc) is 2.30. The molecular formula is C13H16F3NO2. The van der Waals surface area contributed by atoms with Crippen LogP contribution in [0.3, 0.4) is 0 Å². The molecule has 1 aromatic carbocycles. The van der Waals surface area contributed by atoms with E-state index in [-0.39, 0.29) is 13.0 Å². The lowest BCUT2D eigenvalue weighted by molar-refractivity contribution is -0.161. The van der Waals surface area contributed by atoms with Crippen LogP contribution < -0.4 is 0 Å². The van der Waals surface area contributed by atoms with Crippen LogP contribution >= 0.6 is 0 Å². The number of carbonyl (C=O) groups is 1. The third-order valence-corrected chi connectivity index (χ3v) is 2.70. The minimum atomic E-state index is -4.46. The van der Waals surface area contributed by atoms with Crippen molar-refractivity contribution >= 4 is 5.91 Å². The van der Waals surface area contributed by atoms with Gasteiger partial charge in [0.2, 0.25) is 5.91 Å². The summed E-state index contributed by atoms with van der Waals surface area (Å²) in [4.78, 5) is 12.5. The number of alkyl halides is 3. The normalized spacial score (nSPS) is 11.4. The predicted octanol–water partition coefficient (Wildman–Crippen LogP) is 1.92. The van der Waals surface area contributed by atoms with Crippen LogP contribution in [-0.2, 0) is 11.2 Å². The first-order valence-corrected chi connectivity index (χ1v) is 5.83. The van der Waals surface area contributed by atoms with Crippen molar-refractivity contribution in [3.05, 3.63) is 35.4 Å². The molecule has 0 atom stereocenters. The van der Waals surface area contributed by atoms with Crippen LogP contribution in [0.25, 0.3) is 0 Å². The minimum Gasteiger partial charge on any atom is -0.395 e. The number of rotatable bonds is 5. The van der Waals surface area contributed by atoms with Crippen LogP contribution in [0, 0.1) is 6.92 Å². The molecule has 0 aromatic heterocycles. The van der Waals surface area contributed by atoms with E-state index in [9.17, 15) is 18.0 Å². The first kappa shape index (κ1) is 15.5. The van der Waals surface area contributed by atoms with E-state index in [1.165, 1.54) is 0 Å². The van der Waals surface area contributed by atoms with Crippen LogP contribution in [-0.4, -0.2) is 41.8 Å². The molecule has 0 aliphatic heterocycles. The zero-order valence-electron chi connectivity index (χ0n) is 10.6. The maximum atomic E-state index is 12.3. The Morgan fingerprint density at radius 2 is 1.95 bits per heavy atom. The molecule has 3 nitrogen and oxygen atoms in total. The van der Waals surface area contributed by atoms with Gasteiger partial charge >= 0.3 is 6.18 Å². The number of halogens is 3. The fourth-order valence-electron chi connectivity index (χ4n) is 1.71. The summed E-state index contributed by atoms with van der Waals surface area (Å²) in [5, 5.41) is 8.74. The fourth-order valence-corrected chi connectivity index (χ4v) is 1.71. The van der Waals surface area contributed by atoms with E-state index in [2.05, 4.69) is 0 Å². The van der Waals surface area contributed by atoms with Gasteiger partial charge in [-0.15, -0.1) is 0 Å². The summed E-state index contributed by atoms with van der Waals surface area (Å²) in [6, 6.07) is 7.03. The molecule has 0 unspecified atom stereocenters. The average molecular weight is 275 g/mol. The molecule has 0 saturated heterocycles. The number of hydrogen-bond donors (Lipinski definition) is 1. The van der Waals surface area contributed by atoms with Crippen molar-refractivity contribution in [1.82, 2.24) is 4.90 Å². The second-order valence-corrected chi connectivity index (χ2v) is 4.26. The summed E-state index contributed by atoms with van der Waals surface area (Å²) in [5.41, 5.74) is 1.55. The topological polar surface area (TPSA) is 40.5 Å². The molecule has 0 aliphatic rings. The van der Waals surface area contributed by atoms with Gasteiger partial charge < -0.3 is 10.0 Å². The summed E-state index contributed by atoms with van der Waals surface area (Å²) in [7, 11) is 0. The monoisotopic (exact) mass is 275 g/mol. The fraction of sp³-hybridized carbons (Fsp3) is 0.462. The molecule has 0 spiro atoms. The second kappa shape index (κ2) is 6.56. The van der Waals surface area contributed by atoms with Crippen molar-refractivity contribution in [2.75, 3.05) is 19.7 Å². The molecule has 0 radical (unpaired) electrons. The highest BCUT2D eigenvalue weighted by Crippen LogP contribution is 2.17. The summed E-state index contributed by atoms with van der Waals surface area (Å²) in [6.45, 7) is -0.346. The van der Waals surface area contributed by atoms with Gasteiger partial charge in [0.15, 0.2) is 0 Å². The Labute approximate surface area is 109 Å². The lowest BCUT2D eigenvalue weighted by Crippen LogP contribution is -2.41. The molecule has 0 saturated carbocycles. The van der Waals surface area contributed by atoms with Gasteiger partial charge in [-0.1, -0.05) is 24.3 Å². The van der Waals surface area contributed by atoms with E-state index in [1.807, 2.05) is 0 Å². The highest BCUT2D eigenvalue weighted by Gasteiger charge is 2.32. The molecule has 106 valence electrons. The van der Waals surface area contributed by atoms with Gasteiger partial charge in [0.1, 0.15) is 6.54 Å². The SMILES string of the molecule is Cc1ccccc1CC(=O)N(CCO)CC(F)(F)F. The van der Waals surface area contributed by atoms with Gasteiger partial charge in [-0.2, -0.15) is 13.2 Å². The van der Waals surface area contributed by atoms with Gasteiger partial charge in [0.25, 0.3) is 0 Å². The molecule has 0 fully saturated rings. The summed E-state index contributed by atoms with van der Waals surface area (Å²) in [5.74, 6) is -0.638. The molecule has 0 bridgehead atoms. The first-order valence-electron chi connectivity index (χ1n) is 5.83. The van der Waals surface area contributed by atoms with Gasteiger partial charge in [-0.3, -0.25) is 4.79 Å². The molecule has 19 heavy (non-hydrogen) atoms. The highest BCUT2D eigenvalue weighted by atomic mass is 19.4. The maximum Gasteiger partial charge on any atom is 0.406 e. The van der Waals surface area contributed by atoms with Crippen molar-refractivity contribution < 1.29 is 23.1 Å². The second-order valence-electron chi connectivity index (χ2n) is 4.26. The molecular weight excluding hydrogens is 259 g/mol. The lowest BCUT2D eigenvalue weighted by Gasteiger charge is -2.23. The number of carbonyl (C=O) groups excluding carboxylic acids is 1. The van der Waals surface area contributed by atoms with Crippen molar-refractivity contribution in [3.8, 4) is 0 Å². The number of aliphatic hydroxyl groups is 1. The molecule has 0 aliphatic carbocycles. The van der Waals surface area contributed by atoms with E-state index < -0.39 is 25.2 Å². The summed E-state index contributed by atoms with van der Waals surface area (Å²) in [6.07, 6.45) is -4.56. The number of hydrogen-bond acceptors (Lipinski definition) is 2. The highest BCUT2D eigenvalue weighted by molar-refractivity contribution is 5.79. The Morgan fingerprint density at radius 1 is 1.32 bits per heavy atom. The number of aryl methyl sites for hydroxylation is 1. The molecule has 1 amide bonds. The summed E-state index contributed by atoms with van der Waals surface area (Å²) >= 11 is 0. The zero-order valence-corrected chi connectivity index (χ0v) is 10.6. The van der Waals surface area contributed by atoms with Crippen LogP contribution in [0.1, 0.15) is 11.1 Å². The van der Waals surface area contributed by atoms with E-state index in [4.69, 9.17) is 5.11 Å². The molecule has 6 heteroatoms. The van der Waals surface area contributed by atoms with E-state index in [0.717, 1.165) is 5.56 Å². The lowest BCUT2D eigenvalue weighted by atomic mass is 10.1. The zero-order chi connectivity index (χ0) is 14.5. The van der Waals surface area contributed by atoms with Crippen LogP contribution in [0.15, 0.2) is 24.3 Å². The van der Waals surface area contributed by atoms with E-state index >= 15 is 0 Å². The van der Waals surface area contributed by atoms with Gasteiger partial charge in [0, 0.05) is 6.54 Å². The number of benzene rings is 1. The Kier molecular flexibility index (Phi) is 5.35. The van der Waals surface area contributed by atoms with Crippen molar-refractivity contribution in [3.63, 3.8) is 0 Å². The van der Waals surface area contributed by atoms with Gasteiger partial charge in [-0.25, -0.2) is 0 Å². The molecule has 0 heterocycles. The van der Waals surface area contributed by atoms with Crippen molar-refractivity contribution in [1.29, 1.82) is 0 Å². The Balaban J connectivity index is 2.75. The third kappa shape index (κ3) is 5.30. The Bertz CT molecular complexity index is 432. The molecule has 1 N–H and O–H groups in total. The van der Waals surface area contributed by atoms with E-state index in [1.54, 1.807) is 31.2 Å². The predicted molar refractivity (Wildman–Crippen MR) is 64.6 cm³/mol. The van der Waals surface area contributed by atoms with Crippen molar-refractivity contribution in [2.45, 2.75) is 19.5 Å². The number of nitrogens with zero attached hydrogens (tertiary/aromatic N) is 1. The largest absolute Gasteiger partial charge is 0.406 e. The van der Waals surface area contributed by atoms with Gasteiger partial charge in [-0.05, 0) is 18.1 Å². The third-order valence-electron chi connectivity index (χ3n) is 2.70. The van der Waals surface area contributed by atoms with E-state index in [0.29, 0.717) is 10.5 Å². The standard InChI is InChI=1S/C13H16F3NO2/c1-10-4-2-3-5-11(10)8-12(19)17(6-7-18)9-13(14,15)16/h2-5,18H,6-9H2,1H3. The number of aliphatic hydroxyl groups excluding tert-OH is 1.